The highest BCUT2D eigenvalue weighted by molar-refractivity contribution is 7.89. The van der Waals surface area contributed by atoms with E-state index in [0.29, 0.717) is 29.9 Å². The zero-order valence-electron chi connectivity index (χ0n) is 11.2. The van der Waals surface area contributed by atoms with E-state index in [1.807, 2.05) is 0 Å². The first-order valence-corrected chi connectivity index (χ1v) is 9.32. The van der Waals surface area contributed by atoms with E-state index in [9.17, 15) is 8.42 Å². The number of hydrogen-bond donors (Lipinski definition) is 1. The Balaban J connectivity index is 1.94. The van der Waals surface area contributed by atoms with E-state index in [0.717, 1.165) is 19.5 Å². The monoisotopic (exact) mass is 368 g/mol. The van der Waals surface area contributed by atoms with Gasteiger partial charge in [0.25, 0.3) is 0 Å². The molecule has 0 aliphatic carbocycles. The number of nitrogens with one attached hydrogen (secondary N) is 1. The number of hydrogen-bond acceptors (Lipinski definition) is 3. The molecule has 2 heterocycles. The average Bonchev–Trinajstić information content (AvgIpc) is 2.83. The summed E-state index contributed by atoms with van der Waals surface area (Å²) in [6.45, 7) is 2.84. The minimum atomic E-state index is -3.70. The van der Waals surface area contributed by atoms with E-state index in [2.05, 4.69) is 5.32 Å². The maximum absolute atomic E-state index is 12.8. The number of nitrogens with zero attached hydrogens (tertiary/aromatic N) is 1. The second-order valence-corrected chi connectivity index (χ2v) is 8.65. The summed E-state index contributed by atoms with van der Waals surface area (Å²) in [4.78, 5) is -0.0420. The molecule has 3 rings (SSSR count). The highest BCUT2D eigenvalue weighted by Gasteiger charge is 2.39. The molecule has 1 aromatic rings. The van der Waals surface area contributed by atoms with Crippen molar-refractivity contribution < 1.29 is 8.42 Å². The summed E-state index contributed by atoms with van der Waals surface area (Å²) >= 11 is 18.0. The molecule has 116 valence electrons. The van der Waals surface area contributed by atoms with E-state index in [4.69, 9.17) is 34.8 Å². The minimum Gasteiger partial charge on any atom is -0.316 e. The molecule has 0 amide bonds. The van der Waals surface area contributed by atoms with Crippen molar-refractivity contribution in [3.8, 4) is 0 Å². The molecule has 2 saturated heterocycles. The number of rotatable bonds is 2. The SMILES string of the molecule is O=S(=O)(c1c(Cl)cc(Cl)cc1Cl)N1CCC2CNCC2C1. The van der Waals surface area contributed by atoms with E-state index in [1.54, 1.807) is 0 Å². The first kappa shape index (κ1) is 15.8. The van der Waals surface area contributed by atoms with Crippen molar-refractivity contribution in [3.63, 3.8) is 0 Å². The lowest BCUT2D eigenvalue weighted by Crippen LogP contribution is -2.43. The topological polar surface area (TPSA) is 49.4 Å². The van der Waals surface area contributed by atoms with Crippen molar-refractivity contribution in [1.29, 1.82) is 0 Å². The van der Waals surface area contributed by atoms with Gasteiger partial charge in [-0.3, -0.25) is 0 Å². The zero-order chi connectivity index (χ0) is 15.2. The highest BCUT2D eigenvalue weighted by atomic mass is 35.5. The highest BCUT2D eigenvalue weighted by Crippen LogP contribution is 2.37. The Morgan fingerprint density at radius 3 is 2.38 bits per heavy atom. The van der Waals surface area contributed by atoms with Crippen LogP contribution in [0.4, 0.5) is 0 Å². The molecule has 1 N–H and O–H groups in total. The molecule has 2 atom stereocenters. The minimum absolute atomic E-state index is 0.0420. The Morgan fingerprint density at radius 2 is 1.71 bits per heavy atom. The molecule has 0 aromatic heterocycles. The maximum atomic E-state index is 12.8. The van der Waals surface area contributed by atoms with Gasteiger partial charge in [-0.2, -0.15) is 4.31 Å². The molecule has 0 bridgehead atoms. The van der Waals surface area contributed by atoms with Crippen molar-refractivity contribution in [2.75, 3.05) is 26.2 Å². The Labute approximate surface area is 139 Å². The lowest BCUT2D eigenvalue weighted by molar-refractivity contribution is 0.228. The Bertz CT molecular complexity index is 642. The van der Waals surface area contributed by atoms with Crippen LogP contribution < -0.4 is 5.32 Å². The van der Waals surface area contributed by atoms with Gasteiger partial charge in [0.2, 0.25) is 10.0 Å². The summed E-state index contributed by atoms with van der Waals surface area (Å²) in [5, 5.41) is 3.77. The van der Waals surface area contributed by atoms with Gasteiger partial charge in [-0.1, -0.05) is 34.8 Å². The van der Waals surface area contributed by atoms with Crippen molar-refractivity contribution in [2.45, 2.75) is 11.3 Å². The molecule has 4 nitrogen and oxygen atoms in total. The third kappa shape index (κ3) is 2.92. The molecule has 0 spiro atoms. The molecule has 0 radical (unpaired) electrons. The van der Waals surface area contributed by atoms with Crippen molar-refractivity contribution in [1.82, 2.24) is 9.62 Å². The van der Waals surface area contributed by atoms with Gasteiger partial charge in [-0.05, 0) is 43.5 Å². The number of fused-ring (bicyclic) bond motifs is 1. The van der Waals surface area contributed by atoms with Gasteiger partial charge in [0.05, 0.1) is 10.0 Å². The number of sulfonamides is 1. The van der Waals surface area contributed by atoms with Crippen LogP contribution in [-0.2, 0) is 10.0 Å². The molecular formula is C13H15Cl3N2O2S. The summed E-state index contributed by atoms with van der Waals surface area (Å²) < 4.78 is 27.1. The molecule has 2 unspecified atom stereocenters. The van der Waals surface area contributed by atoms with Crippen LogP contribution in [0, 0.1) is 11.8 Å². The Morgan fingerprint density at radius 1 is 1.10 bits per heavy atom. The van der Waals surface area contributed by atoms with Crippen LogP contribution in [-0.4, -0.2) is 38.9 Å². The largest absolute Gasteiger partial charge is 0.316 e. The summed E-state index contributed by atoms with van der Waals surface area (Å²) in [6, 6.07) is 2.82. The smallest absolute Gasteiger partial charge is 0.246 e. The molecule has 21 heavy (non-hydrogen) atoms. The fourth-order valence-electron chi connectivity index (χ4n) is 3.12. The molecule has 2 fully saturated rings. The fourth-order valence-corrected chi connectivity index (χ4v) is 6.13. The summed E-state index contributed by atoms with van der Waals surface area (Å²) in [5.74, 6) is 0.922. The summed E-state index contributed by atoms with van der Waals surface area (Å²) in [5.41, 5.74) is 0. The third-order valence-electron chi connectivity index (χ3n) is 4.23. The summed E-state index contributed by atoms with van der Waals surface area (Å²) in [7, 11) is -3.70. The van der Waals surface area contributed by atoms with Crippen LogP contribution in [0.25, 0.3) is 0 Å². The van der Waals surface area contributed by atoms with Crippen LogP contribution >= 0.6 is 34.8 Å². The second kappa shape index (κ2) is 5.87. The zero-order valence-corrected chi connectivity index (χ0v) is 14.2. The Kier molecular flexibility index (Phi) is 4.43. The predicted molar refractivity (Wildman–Crippen MR) is 84.7 cm³/mol. The quantitative estimate of drug-likeness (QED) is 0.872. The number of benzene rings is 1. The van der Waals surface area contributed by atoms with Crippen LogP contribution in [0.1, 0.15) is 6.42 Å². The van der Waals surface area contributed by atoms with Gasteiger partial charge < -0.3 is 5.32 Å². The normalized spacial score (nSPS) is 26.8. The fraction of sp³-hybridized carbons (Fsp3) is 0.538. The van der Waals surface area contributed by atoms with Crippen molar-refractivity contribution in [2.24, 2.45) is 11.8 Å². The first-order valence-electron chi connectivity index (χ1n) is 6.75. The van der Waals surface area contributed by atoms with Gasteiger partial charge in [0.1, 0.15) is 4.90 Å². The summed E-state index contributed by atoms with van der Waals surface area (Å²) in [6.07, 6.45) is 0.861. The first-order chi connectivity index (χ1) is 9.89. The predicted octanol–water partition coefficient (Wildman–Crippen LogP) is 2.88. The van der Waals surface area contributed by atoms with E-state index in [-0.39, 0.29) is 14.9 Å². The van der Waals surface area contributed by atoms with Gasteiger partial charge in [-0.15, -0.1) is 0 Å². The van der Waals surface area contributed by atoms with Crippen LogP contribution in [0.15, 0.2) is 17.0 Å². The lowest BCUT2D eigenvalue weighted by Gasteiger charge is -2.33. The van der Waals surface area contributed by atoms with Gasteiger partial charge >= 0.3 is 0 Å². The number of piperidine rings is 1. The number of halogens is 3. The van der Waals surface area contributed by atoms with E-state index in [1.165, 1.54) is 16.4 Å². The van der Waals surface area contributed by atoms with Gasteiger partial charge in [0.15, 0.2) is 0 Å². The standard InChI is InChI=1S/C13H15Cl3N2O2S/c14-10-3-11(15)13(12(16)4-10)21(19,20)18-2-1-8-5-17-6-9(8)7-18/h3-4,8-9,17H,1-2,5-7H2. The van der Waals surface area contributed by atoms with Crippen LogP contribution in [0.5, 0.6) is 0 Å². The molecular weight excluding hydrogens is 355 g/mol. The van der Waals surface area contributed by atoms with E-state index < -0.39 is 10.0 Å². The maximum Gasteiger partial charge on any atom is 0.246 e. The van der Waals surface area contributed by atoms with Gasteiger partial charge in [0, 0.05) is 18.1 Å². The third-order valence-corrected chi connectivity index (χ3v) is 7.23. The molecule has 8 heteroatoms. The van der Waals surface area contributed by atoms with Gasteiger partial charge in [-0.25, -0.2) is 8.42 Å². The average molecular weight is 370 g/mol. The second-order valence-electron chi connectivity index (χ2n) is 5.53. The van der Waals surface area contributed by atoms with E-state index >= 15 is 0 Å². The van der Waals surface area contributed by atoms with Crippen molar-refractivity contribution >= 4 is 44.8 Å². The molecule has 2 aliphatic heterocycles. The van der Waals surface area contributed by atoms with Crippen molar-refractivity contribution in [3.05, 3.63) is 27.2 Å². The molecule has 0 saturated carbocycles. The lowest BCUT2D eigenvalue weighted by atomic mass is 9.90. The molecule has 2 aliphatic rings. The van der Waals surface area contributed by atoms with Crippen LogP contribution in [0.2, 0.25) is 15.1 Å². The van der Waals surface area contributed by atoms with Crippen LogP contribution in [0.3, 0.4) is 0 Å². The molecule has 1 aromatic carbocycles. The Hall–Kier alpha value is -0.0400.